The van der Waals surface area contributed by atoms with Crippen molar-refractivity contribution in [3.8, 4) is 0 Å². The Morgan fingerprint density at radius 3 is 2.50 bits per heavy atom. The maximum atomic E-state index is 12.9. The lowest BCUT2D eigenvalue weighted by molar-refractivity contribution is 0.0257. The number of hydrogen-bond donors (Lipinski definition) is 3. The van der Waals surface area contributed by atoms with Crippen molar-refractivity contribution in [1.82, 2.24) is 9.80 Å². The van der Waals surface area contributed by atoms with E-state index >= 15 is 0 Å². The SMILES string of the molecule is CC[S+](=O)(O)c1ccc(C)cc1CN1C(=O)Nc2cc(CN3CCCC3)c(C)cc2C1O. The second kappa shape index (κ2) is 8.94. The monoisotopic (exact) mass is 458 g/mol. The largest absolute Gasteiger partial charge is 0.369 e. The highest BCUT2D eigenvalue weighted by Gasteiger charge is 2.35. The third-order valence-electron chi connectivity index (χ3n) is 6.47. The zero-order valence-electron chi connectivity index (χ0n) is 18.9. The van der Waals surface area contributed by atoms with Gasteiger partial charge in [0.1, 0.15) is 5.75 Å². The Bertz CT molecular complexity index is 1080. The number of nitrogens with one attached hydrogen (secondary N) is 1. The summed E-state index contributed by atoms with van der Waals surface area (Å²) in [6.07, 6.45) is 1.30. The van der Waals surface area contributed by atoms with Crippen molar-refractivity contribution >= 4 is 21.9 Å². The van der Waals surface area contributed by atoms with Gasteiger partial charge in [-0.2, -0.15) is 4.55 Å². The van der Waals surface area contributed by atoms with E-state index in [2.05, 4.69) is 10.2 Å². The standard InChI is InChI=1S/C24H31N3O4S/c1-4-32(30,31)22-8-7-16(2)11-19(22)15-27-23(28)20-12-17(3)18(13-21(20)25-24(27)29)14-26-9-5-6-10-26/h7-8,11-13,23,28H,4-6,9-10,14-15H2,1-3H3,(H-,25,29,30,31)/p+1. The van der Waals surface area contributed by atoms with Gasteiger partial charge in [-0.05, 0) is 82.1 Å². The number of amides is 2. The number of aryl methyl sites for hydroxylation is 2. The normalized spacial score (nSPS) is 20.7. The van der Waals surface area contributed by atoms with Gasteiger partial charge in [0.15, 0.2) is 11.1 Å². The second-order valence-electron chi connectivity index (χ2n) is 8.82. The summed E-state index contributed by atoms with van der Waals surface area (Å²) >= 11 is 0. The van der Waals surface area contributed by atoms with Crippen molar-refractivity contribution in [2.75, 3.05) is 24.2 Å². The summed E-state index contributed by atoms with van der Waals surface area (Å²) in [5.41, 5.74) is 4.98. The number of urea groups is 1. The lowest BCUT2D eigenvalue weighted by atomic mass is 9.99. The first-order valence-electron chi connectivity index (χ1n) is 11.1. The van der Waals surface area contributed by atoms with Gasteiger partial charge < -0.3 is 10.4 Å². The molecule has 2 aliphatic heterocycles. The van der Waals surface area contributed by atoms with Crippen LogP contribution in [-0.2, 0) is 27.5 Å². The first-order chi connectivity index (χ1) is 15.2. The van der Waals surface area contributed by atoms with E-state index in [0.29, 0.717) is 21.7 Å². The zero-order chi connectivity index (χ0) is 23.0. The zero-order valence-corrected chi connectivity index (χ0v) is 19.7. The summed E-state index contributed by atoms with van der Waals surface area (Å²) in [5.74, 6) is 0.0830. The number of fused-ring (bicyclic) bond motifs is 1. The topological polar surface area (TPSA) is 93.1 Å². The number of rotatable bonds is 6. The van der Waals surface area contributed by atoms with Gasteiger partial charge in [0, 0.05) is 17.7 Å². The number of hydrogen-bond acceptors (Lipinski definition) is 4. The molecule has 1 saturated heterocycles. The Labute approximate surface area is 190 Å². The van der Waals surface area contributed by atoms with Gasteiger partial charge in [-0.1, -0.05) is 15.8 Å². The first kappa shape index (κ1) is 22.9. The Balaban J connectivity index is 1.63. The third-order valence-corrected chi connectivity index (χ3v) is 8.34. The van der Waals surface area contributed by atoms with E-state index in [-0.39, 0.29) is 12.3 Å². The quantitative estimate of drug-likeness (QED) is 0.562. The summed E-state index contributed by atoms with van der Waals surface area (Å²) in [6, 6.07) is 8.73. The van der Waals surface area contributed by atoms with Crippen molar-refractivity contribution in [3.05, 3.63) is 58.1 Å². The Kier molecular flexibility index (Phi) is 6.40. The van der Waals surface area contributed by atoms with E-state index in [9.17, 15) is 18.7 Å². The van der Waals surface area contributed by atoms with Crippen LogP contribution in [0.3, 0.4) is 0 Å². The molecule has 2 aliphatic rings. The maximum absolute atomic E-state index is 12.9. The predicted molar refractivity (Wildman–Crippen MR) is 126 cm³/mol. The molecule has 0 saturated carbocycles. The molecule has 1 fully saturated rings. The molecule has 8 heteroatoms. The summed E-state index contributed by atoms with van der Waals surface area (Å²) in [6.45, 7) is 8.63. The van der Waals surface area contributed by atoms with Gasteiger partial charge in [-0.15, -0.1) is 0 Å². The second-order valence-corrected chi connectivity index (χ2v) is 11.1. The van der Waals surface area contributed by atoms with Gasteiger partial charge in [0.05, 0.1) is 12.2 Å². The molecule has 0 bridgehead atoms. The molecule has 0 spiro atoms. The molecule has 2 heterocycles. The van der Waals surface area contributed by atoms with E-state index < -0.39 is 22.5 Å². The van der Waals surface area contributed by atoms with E-state index in [1.165, 1.54) is 17.7 Å². The van der Waals surface area contributed by atoms with Gasteiger partial charge in [-0.3, -0.25) is 9.80 Å². The molecule has 3 N–H and O–H groups in total. The maximum Gasteiger partial charge on any atom is 0.324 e. The highest BCUT2D eigenvalue weighted by Crippen LogP contribution is 2.36. The van der Waals surface area contributed by atoms with Gasteiger partial charge in [0.2, 0.25) is 10.2 Å². The van der Waals surface area contributed by atoms with Crippen LogP contribution in [0.1, 0.15) is 53.8 Å². The van der Waals surface area contributed by atoms with E-state index in [0.717, 1.165) is 36.3 Å². The molecule has 2 atom stereocenters. The Morgan fingerprint density at radius 1 is 1.09 bits per heavy atom. The smallest absolute Gasteiger partial charge is 0.324 e. The number of aliphatic hydroxyl groups is 1. The molecule has 2 aromatic rings. The van der Waals surface area contributed by atoms with Crippen molar-refractivity contribution in [3.63, 3.8) is 0 Å². The number of benzene rings is 2. The fourth-order valence-electron chi connectivity index (χ4n) is 4.56. The van der Waals surface area contributed by atoms with Crippen LogP contribution in [0.4, 0.5) is 10.5 Å². The summed E-state index contributed by atoms with van der Waals surface area (Å²) in [4.78, 5) is 17.0. The average Bonchev–Trinajstić information content (AvgIpc) is 3.25. The van der Waals surface area contributed by atoms with Crippen LogP contribution in [-0.4, -0.2) is 44.3 Å². The number of carbonyl (C=O) groups excluding carboxylic acids is 1. The number of anilines is 1. The van der Waals surface area contributed by atoms with Crippen LogP contribution in [0, 0.1) is 13.8 Å². The van der Waals surface area contributed by atoms with Crippen molar-refractivity contribution in [1.29, 1.82) is 0 Å². The molecular formula is C24H32N3O4S+. The average molecular weight is 459 g/mol. The summed E-state index contributed by atoms with van der Waals surface area (Å²) < 4.78 is 23.1. The van der Waals surface area contributed by atoms with Gasteiger partial charge in [-0.25, -0.2) is 4.79 Å². The predicted octanol–water partition coefficient (Wildman–Crippen LogP) is 4.29. The van der Waals surface area contributed by atoms with Crippen LogP contribution >= 0.6 is 0 Å². The molecular weight excluding hydrogens is 426 g/mol. The third kappa shape index (κ3) is 4.45. The minimum absolute atomic E-state index is 0.0373. The lowest BCUT2D eigenvalue weighted by Crippen LogP contribution is -2.42. The molecule has 2 unspecified atom stereocenters. The van der Waals surface area contributed by atoms with Crippen molar-refractivity contribution < 1.29 is 18.7 Å². The van der Waals surface area contributed by atoms with Crippen LogP contribution in [0.2, 0.25) is 0 Å². The molecule has 172 valence electrons. The summed E-state index contributed by atoms with van der Waals surface area (Å²) in [5, 5.41) is 14.0. The molecule has 2 amide bonds. The molecule has 0 aromatic heterocycles. The molecule has 32 heavy (non-hydrogen) atoms. The lowest BCUT2D eigenvalue weighted by Gasteiger charge is -2.35. The van der Waals surface area contributed by atoms with Crippen LogP contribution < -0.4 is 5.32 Å². The Hall–Kier alpha value is -2.26. The van der Waals surface area contributed by atoms with Crippen molar-refractivity contribution in [2.24, 2.45) is 0 Å². The number of likely N-dealkylation sites (tertiary alicyclic amines) is 1. The fourth-order valence-corrected chi connectivity index (χ4v) is 5.68. The van der Waals surface area contributed by atoms with Crippen molar-refractivity contribution in [2.45, 2.75) is 57.8 Å². The Morgan fingerprint density at radius 2 is 1.81 bits per heavy atom. The minimum Gasteiger partial charge on any atom is -0.369 e. The highest BCUT2D eigenvalue weighted by atomic mass is 32.3. The molecule has 7 nitrogen and oxygen atoms in total. The first-order valence-corrected chi connectivity index (χ1v) is 12.8. The van der Waals surface area contributed by atoms with Crippen LogP contribution in [0.25, 0.3) is 0 Å². The van der Waals surface area contributed by atoms with Crippen LogP contribution in [0.5, 0.6) is 0 Å². The fraction of sp³-hybridized carbons (Fsp3) is 0.458. The van der Waals surface area contributed by atoms with Gasteiger partial charge in [0.25, 0.3) is 0 Å². The summed E-state index contributed by atoms with van der Waals surface area (Å²) in [7, 11) is -3.21. The molecule has 2 aromatic carbocycles. The van der Waals surface area contributed by atoms with E-state index in [1.807, 2.05) is 26.0 Å². The number of nitrogens with zero attached hydrogens (tertiary/aromatic N) is 2. The highest BCUT2D eigenvalue weighted by molar-refractivity contribution is 7.97. The number of carbonyl (C=O) groups is 1. The van der Waals surface area contributed by atoms with E-state index in [1.54, 1.807) is 25.1 Å². The van der Waals surface area contributed by atoms with E-state index in [4.69, 9.17) is 0 Å². The van der Waals surface area contributed by atoms with Crippen LogP contribution in [0.15, 0.2) is 35.2 Å². The molecule has 0 aliphatic carbocycles. The molecule has 0 radical (unpaired) electrons. The van der Waals surface area contributed by atoms with Gasteiger partial charge >= 0.3 is 6.03 Å². The minimum atomic E-state index is -3.21. The molecule has 4 rings (SSSR count). The number of aliphatic hydroxyl groups excluding tert-OH is 1.